The van der Waals surface area contributed by atoms with Gasteiger partial charge in [0, 0.05) is 6.08 Å². The molecule has 0 fully saturated rings. The molecule has 18 heavy (non-hydrogen) atoms. The molecule has 0 unspecified atom stereocenters. The first kappa shape index (κ1) is 17.6. The zero-order chi connectivity index (χ0) is 14.6. The largest absolute Gasteiger partial charge is 0.460 e. The van der Waals surface area contributed by atoms with Crippen LogP contribution in [0.15, 0.2) is 12.7 Å². The molecule has 0 radical (unpaired) electrons. The fourth-order valence-electron chi connectivity index (χ4n) is 1.76. The van der Waals surface area contributed by atoms with Crippen molar-refractivity contribution in [3.63, 3.8) is 0 Å². The van der Waals surface area contributed by atoms with E-state index in [4.69, 9.17) is 13.3 Å². The van der Waals surface area contributed by atoms with E-state index < -0.39 is 28.4 Å². The van der Waals surface area contributed by atoms with E-state index in [2.05, 4.69) is 26.2 Å². The van der Waals surface area contributed by atoms with Gasteiger partial charge in [0.15, 0.2) is 8.32 Å². The number of carbonyl (C=O) groups excluding carboxylic acids is 1. The zero-order valence-corrected chi connectivity index (χ0v) is 14.6. The summed E-state index contributed by atoms with van der Waals surface area (Å²) < 4.78 is 17.2. The van der Waals surface area contributed by atoms with Crippen LogP contribution in [0.2, 0.25) is 32.7 Å². The monoisotopic (exact) mass is 290 g/mol. The topological polar surface area (TPSA) is 44.8 Å². The van der Waals surface area contributed by atoms with Crippen molar-refractivity contribution in [2.24, 2.45) is 0 Å². The maximum Gasteiger partial charge on any atom is 0.330 e. The molecule has 0 saturated carbocycles. The van der Waals surface area contributed by atoms with Crippen LogP contribution >= 0.6 is 0 Å². The van der Waals surface area contributed by atoms with Crippen molar-refractivity contribution < 1.29 is 18.1 Å². The van der Waals surface area contributed by atoms with Crippen LogP contribution in [-0.2, 0) is 18.1 Å². The number of rotatable bonds is 7. The van der Waals surface area contributed by atoms with E-state index in [9.17, 15) is 4.79 Å². The van der Waals surface area contributed by atoms with Crippen molar-refractivity contribution in [1.82, 2.24) is 0 Å². The quantitative estimate of drug-likeness (QED) is 0.411. The summed E-state index contributed by atoms with van der Waals surface area (Å²) in [6.07, 6.45) is 1.15. The van der Waals surface area contributed by atoms with Crippen molar-refractivity contribution in [3.8, 4) is 0 Å². The summed E-state index contributed by atoms with van der Waals surface area (Å²) in [7, 11) is -3.84. The summed E-state index contributed by atoms with van der Waals surface area (Å²) in [6.45, 7) is 17.8. The lowest BCUT2D eigenvalue weighted by molar-refractivity contribution is -0.143. The SMILES string of the molecule is C=CC(=O)OCC(C)(C)O[Si](C)(C)O[Si](C)(C)C. The molecule has 0 aliphatic rings. The van der Waals surface area contributed by atoms with Crippen molar-refractivity contribution in [2.45, 2.75) is 52.2 Å². The Labute approximate surface area is 113 Å². The average molecular weight is 291 g/mol. The highest BCUT2D eigenvalue weighted by molar-refractivity contribution is 6.81. The van der Waals surface area contributed by atoms with Crippen molar-refractivity contribution >= 4 is 22.8 Å². The molecule has 0 N–H and O–H groups in total. The van der Waals surface area contributed by atoms with E-state index in [0.29, 0.717) is 0 Å². The Morgan fingerprint density at radius 2 is 1.72 bits per heavy atom. The summed E-state index contributed by atoms with van der Waals surface area (Å²) in [5.41, 5.74) is -0.548. The van der Waals surface area contributed by atoms with E-state index >= 15 is 0 Å². The summed E-state index contributed by atoms with van der Waals surface area (Å²) in [6, 6.07) is 0. The van der Waals surface area contributed by atoms with Gasteiger partial charge in [0.2, 0.25) is 0 Å². The van der Waals surface area contributed by atoms with Crippen LogP contribution in [0.25, 0.3) is 0 Å². The molecule has 0 rings (SSSR count). The Hall–Kier alpha value is -0.436. The lowest BCUT2D eigenvalue weighted by Gasteiger charge is -2.37. The lowest BCUT2D eigenvalue weighted by Crippen LogP contribution is -2.51. The van der Waals surface area contributed by atoms with Crippen molar-refractivity contribution in [1.29, 1.82) is 0 Å². The number of ether oxygens (including phenoxy) is 1. The highest BCUT2D eigenvalue weighted by Crippen LogP contribution is 2.22. The Bertz CT molecular complexity index is 306. The fourth-order valence-corrected chi connectivity index (χ4v) is 9.21. The lowest BCUT2D eigenvalue weighted by atomic mass is 10.2. The minimum atomic E-state index is -2.21. The molecule has 4 nitrogen and oxygen atoms in total. The highest BCUT2D eigenvalue weighted by atomic mass is 28.4. The van der Waals surface area contributed by atoms with Gasteiger partial charge in [0.25, 0.3) is 0 Å². The molecule has 0 amide bonds. The van der Waals surface area contributed by atoms with Crippen LogP contribution in [0.5, 0.6) is 0 Å². The highest BCUT2D eigenvalue weighted by Gasteiger charge is 2.37. The third kappa shape index (κ3) is 8.62. The summed E-state index contributed by atoms with van der Waals surface area (Å²) >= 11 is 0. The van der Waals surface area contributed by atoms with Crippen LogP contribution < -0.4 is 0 Å². The van der Waals surface area contributed by atoms with Crippen LogP contribution in [0.1, 0.15) is 13.8 Å². The third-order valence-corrected chi connectivity index (χ3v) is 7.26. The summed E-state index contributed by atoms with van der Waals surface area (Å²) in [4.78, 5) is 11.0. The van der Waals surface area contributed by atoms with Gasteiger partial charge >= 0.3 is 14.5 Å². The van der Waals surface area contributed by atoms with Gasteiger partial charge in [0.1, 0.15) is 6.61 Å². The van der Waals surface area contributed by atoms with Crippen molar-refractivity contribution in [3.05, 3.63) is 12.7 Å². The Kier molecular flexibility index (Phi) is 5.99. The molecule has 0 aromatic carbocycles. The van der Waals surface area contributed by atoms with Crippen molar-refractivity contribution in [2.75, 3.05) is 6.61 Å². The second-order valence-corrected chi connectivity index (χ2v) is 14.3. The normalized spacial score (nSPS) is 13.3. The van der Waals surface area contributed by atoms with E-state index in [1.807, 2.05) is 26.9 Å². The Balaban J connectivity index is 4.45. The molecule has 0 atom stereocenters. The second kappa shape index (κ2) is 6.14. The Morgan fingerprint density at radius 3 is 2.11 bits per heavy atom. The van der Waals surface area contributed by atoms with E-state index in [1.54, 1.807) is 0 Å². The zero-order valence-electron chi connectivity index (χ0n) is 12.6. The standard InChI is InChI=1S/C12H26O4Si2/c1-9-11(13)14-10-12(2,3)15-18(7,8)16-17(4,5)6/h9H,1,10H2,2-8H3. The summed E-state index contributed by atoms with van der Waals surface area (Å²) in [5.74, 6) is -0.433. The molecule has 0 aromatic rings. The molecule has 106 valence electrons. The predicted octanol–water partition coefficient (Wildman–Crippen LogP) is 3.06. The molecular formula is C12H26O4Si2. The molecule has 0 heterocycles. The van der Waals surface area contributed by atoms with Gasteiger partial charge < -0.3 is 13.3 Å². The molecule has 0 aromatic heterocycles. The molecular weight excluding hydrogens is 264 g/mol. The van der Waals surface area contributed by atoms with Gasteiger partial charge in [-0.15, -0.1) is 0 Å². The fraction of sp³-hybridized carbons (Fsp3) is 0.750. The van der Waals surface area contributed by atoms with Gasteiger partial charge in [0.05, 0.1) is 5.60 Å². The van der Waals surface area contributed by atoms with E-state index in [0.717, 1.165) is 6.08 Å². The number of carbonyl (C=O) groups is 1. The molecule has 0 spiro atoms. The molecule has 6 heteroatoms. The van der Waals surface area contributed by atoms with Gasteiger partial charge in [-0.25, -0.2) is 4.79 Å². The molecule has 0 aliphatic carbocycles. The first-order valence-electron chi connectivity index (χ1n) is 6.06. The van der Waals surface area contributed by atoms with Crippen LogP contribution in [0, 0.1) is 0 Å². The van der Waals surface area contributed by atoms with E-state index in [-0.39, 0.29) is 6.61 Å². The van der Waals surface area contributed by atoms with Gasteiger partial charge in [-0.1, -0.05) is 6.58 Å². The van der Waals surface area contributed by atoms with E-state index in [1.165, 1.54) is 0 Å². The number of hydrogen-bond donors (Lipinski definition) is 0. The third-order valence-electron chi connectivity index (χ3n) is 1.80. The minimum absolute atomic E-state index is 0.198. The maximum atomic E-state index is 11.0. The van der Waals surface area contributed by atoms with Crippen LogP contribution in [0.3, 0.4) is 0 Å². The number of esters is 1. The molecule has 0 saturated heterocycles. The van der Waals surface area contributed by atoms with Gasteiger partial charge in [-0.2, -0.15) is 0 Å². The Morgan fingerprint density at radius 1 is 1.22 bits per heavy atom. The average Bonchev–Trinajstić information content (AvgIpc) is 2.08. The molecule has 0 aliphatic heterocycles. The predicted molar refractivity (Wildman–Crippen MR) is 78.2 cm³/mol. The first-order valence-corrected chi connectivity index (χ1v) is 12.3. The number of hydrogen-bond acceptors (Lipinski definition) is 4. The van der Waals surface area contributed by atoms with Gasteiger partial charge in [-0.3, -0.25) is 0 Å². The van der Waals surface area contributed by atoms with Gasteiger partial charge in [-0.05, 0) is 46.6 Å². The minimum Gasteiger partial charge on any atom is -0.460 e. The van der Waals surface area contributed by atoms with Crippen LogP contribution in [0.4, 0.5) is 0 Å². The molecule has 0 bridgehead atoms. The smallest absolute Gasteiger partial charge is 0.330 e. The maximum absolute atomic E-state index is 11.0. The van der Waals surface area contributed by atoms with Crippen LogP contribution in [-0.4, -0.2) is 35.1 Å². The first-order chi connectivity index (χ1) is 7.87. The summed E-state index contributed by atoms with van der Waals surface area (Å²) in [5, 5.41) is 0. The second-order valence-electron chi connectivity index (χ2n) is 6.29.